The molecule has 9 nitrogen and oxygen atoms in total. The number of benzene rings is 1. The molecule has 32 heavy (non-hydrogen) atoms. The average Bonchev–Trinajstić information content (AvgIpc) is 3.23. The molecule has 2 fully saturated rings. The molecule has 0 spiro atoms. The zero-order chi connectivity index (χ0) is 22.2. The molecule has 12 heteroatoms. The lowest BCUT2D eigenvalue weighted by atomic mass is 10.3. The predicted molar refractivity (Wildman–Crippen MR) is 114 cm³/mol. The molecule has 170 valence electrons. The van der Waals surface area contributed by atoms with Gasteiger partial charge in [0.25, 0.3) is 6.43 Å². The van der Waals surface area contributed by atoms with Gasteiger partial charge in [-0.05, 0) is 12.1 Å². The zero-order valence-corrected chi connectivity index (χ0v) is 17.8. The van der Waals surface area contributed by atoms with E-state index in [4.69, 9.17) is 21.1 Å². The van der Waals surface area contributed by atoms with E-state index in [1.807, 2.05) is 15.9 Å². The van der Waals surface area contributed by atoms with Crippen molar-refractivity contribution in [2.75, 3.05) is 62.4 Å². The van der Waals surface area contributed by atoms with E-state index in [2.05, 4.69) is 15.0 Å². The van der Waals surface area contributed by atoms with Crippen LogP contribution in [0.3, 0.4) is 0 Å². The molecule has 0 radical (unpaired) electrons. The second-order valence-electron chi connectivity index (χ2n) is 7.46. The lowest BCUT2D eigenvalue weighted by Crippen LogP contribution is -2.39. The number of aromatic hydroxyl groups is 1. The third-order valence-electron chi connectivity index (χ3n) is 5.52. The van der Waals surface area contributed by atoms with E-state index in [1.54, 1.807) is 0 Å². The van der Waals surface area contributed by atoms with E-state index < -0.39 is 12.2 Å². The standard InChI is InChI=1S/C20H21ClF2N6O3/c21-16-13(30)2-1-12-17(16)26-19(18(22)23)29(12)20-24-14(27-3-7-31-8-4-27)11-15(25-20)28-5-9-32-10-6-28/h1-2,11,18,30H,3-10H2. The molecule has 3 aromatic rings. The first kappa shape index (κ1) is 21.1. The molecule has 0 aliphatic carbocycles. The first-order valence-corrected chi connectivity index (χ1v) is 10.6. The highest BCUT2D eigenvalue weighted by Gasteiger charge is 2.26. The Bertz CT molecular complexity index is 1100. The minimum absolute atomic E-state index is 0.0649. The van der Waals surface area contributed by atoms with Crippen molar-refractivity contribution < 1.29 is 23.4 Å². The quantitative estimate of drug-likeness (QED) is 0.628. The van der Waals surface area contributed by atoms with Crippen molar-refractivity contribution in [1.82, 2.24) is 19.5 Å². The molecule has 2 aliphatic rings. The van der Waals surface area contributed by atoms with E-state index in [0.29, 0.717) is 64.2 Å². The van der Waals surface area contributed by atoms with Crippen molar-refractivity contribution in [3.63, 3.8) is 0 Å². The topological polar surface area (TPSA) is 88.8 Å². The number of phenolic OH excluding ortho intramolecular Hbond substituents is 1. The monoisotopic (exact) mass is 466 g/mol. The van der Waals surface area contributed by atoms with Crippen LogP contribution < -0.4 is 9.80 Å². The number of alkyl halides is 2. The fourth-order valence-corrected chi connectivity index (χ4v) is 4.10. The average molecular weight is 467 g/mol. The molecule has 1 aromatic carbocycles. The largest absolute Gasteiger partial charge is 0.506 e. The number of ether oxygens (including phenoxy) is 2. The van der Waals surface area contributed by atoms with Gasteiger partial charge in [0.05, 0.1) is 31.9 Å². The number of halogens is 3. The maximum Gasteiger partial charge on any atom is 0.296 e. The van der Waals surface area contributed by atoms with Crippen LogP contribution in [0.1, 0.15) is 12.2 Å². The molecule has 2 saturated heterocycles. The van der Waals surface area contributed by atoms with Crippen LogP contribution >= 0.6 is 11.6 Å². The number of anilines is 2. The molecule has 0 amide bonds. The first-order valence-electron chi connectivity index (χ1n) is 10.3. The second-order valence-corrected chi connectivity index (χ2v) is 7.83. The van der Waals surface area contributed by atoms with Gasteiger partial charge in [0.2, 0.25) is 5.95 Å². The molecule has 2 aromatic heterocycles. The smallest absolute Gasteiger partial charge is 0.296 e. The van der Waals surface area contributed by atoms with Crippen LogP contribution in [0, 0.1) is 0 Å². The zero-order valence-electron chi connectivity index (χ0n) is 17.0. The van der Waals surface area contributed by atoms with Crippen LogP contribution in [0.5, 0.6) is 5.75 Å². The Morgan fingerprint density at radius 3 is 2.00 bits per heavy atom. The SMILES string of the molecule is Oc1ccc2c(nc(C(F)F)n2-c2nc(N3CCOCC3)cc(N3CCOCC3)n2)c1Cl. The fourth-order valence-electron chi connectivity index (χ4n) is 3.89. The van der Waals surface area contributed by atoms with Crippen molar-refractivity contribution in [2.24, 2.45) is 0 Å². The van der Waals surface area contributed by atoms with Gasteiger partial charge >= 0.3 is 0 Å². The van der Waals surface area contributed by atoms with Gasteiger partial charge in [-0.25, -0.2) is 13.8 Å². The molecule has 5 rings (SSSR count). The van der Waals surface area contributed by atoms with Gasteiger partial charge in [-0.2, -0.15) is 9.97 Å². The van der Waals surface area contributed by atoms with E-state index in [1.165, 1.54) is 16.7 Å². The van der Waals surface area contributed by atoms with Crippen molar-refractivity contribution >= 4 is 34.3 Å². The number of aromatic nitrogens is 4. The molecule has 0 bridgehead atoms. The summed E-state index contributed by atoms with van der Waals surface area (Å²) in [5.74, 6) is 0.523. The van der Waals surface area contributed by atoms with Gasteiger partial charge in [0, 0.05) is 32.2 Å². The third-order valence-corrected chi connectivity index (χ3v) is 5.90. The Morgan fingerprint density at radius 2 is 1.47 bits per heavy atom. The van der Waals surface area contributed by atoms with Crippen LogP contribution in [0.4, 0.5) is 20.4 Å². The number of nitrogens with zero attached hydrogens (tertiary/aromatic N) is 6. The van der Waals surface area contributed by atoms with Crippen LogP contribution in [-0.2, 0) is 9.47 Å². The fraction of sp³-hybridized carbons (Fsp3) is 0.450. The molecule has 0 unspecified atom stereocenters. The number of rotatable bonds is 4. The van der Waals surface area contributed by atoms with E-state index in [9.17, 15) is 13.9 Å². The lowest BCUT2D eigenvalue weighted by molar-refractivity contribution is 0.122. The summed E-state index contributed by atoms with van der Waals surface area (Å²) in [4.78, 5) is 17.3. The van der Waals surface area contributed by atoms with Gasteiger partial charge in [-0.15, -0.1) is 0 Å². The maximum atomic E-state index is 14.0. The summed E-state index contributed by atoms with van der Waals surface area (Å²) < 4.78 is 40.1. The maximum absolute atomic E-state index is 14.0. The summed E-state index contributed by atoms with van der Waals surface area (Å²) in [7, 11) is 0. The number of morpholine rings is 2. The summed E-state index contributed by atoms with van der Waals surface area (Å²) in [6, 6.07) is 4.68. The van der Waals surface area contributed by atoms with Crippen LogP contribution in [-0.4, -0.2) is 77.2 Å². The normalized spacial score (nSPS) is 17.5. The van der Waals surface area contributed by atoms with E-state index >= 15 is 0 Å². The Morgan fingerprint density at radius 1 is 0.906 bits per heavy atom. The van der Waals surface area contributed by atoms with Crippen molar-refractivity contribution in [1.29, 1.82) is 0 Å². The van der Waals surface area contributed by atoms with E-state index in [-0.39, 0.29) is 27.8 Å². The molecular formula is C20H21ClF2N6O3. The Kier molecular flexibility index (Phi) is 5.70. The van der Waals surface area contributed by atoms with Crippen molar-refractivity contribution in [3.8, 4) is 11.7 Å². The Hall–Kier alpha value is -2.76. The van der Waals surface area contributed by atoms with Crippen molar-refractivity contribution in [3.05, 3.63) is 29.0 Å². The van der Waals surface area contributed by atoms with Gasteiger partial charge in [-0.1, -0.05) is 11.6 Å². The van der Waals surface area contributed by atoms with Gasteiger partial charge in [0.1, 0.15) is 27.9 Å². The summed E-state index contributed by atoms with van der Waals surface area (Å²) in [6.45, 7) is 4.73. The van der Waals surface area contributed by atoms with Gasteiger partial charge in [0.15, 0.2) is 5.82 Å². The highest BCUT2D eigenvalue weighted by molar-refractivity contribution is 6.36. The molecule has 0 atom stereocenters. The molecular weight excluding hydrogens is 446 g/mol. The summed E-state index contributed by atoms with van der Waals surface area (Å²) >= 11 is 6.15. The number of fused-ring (bicyclic) bond motifs is 1. The number of hydrogen-bond donors (Lipinski definition) is 1. The predicted octanol–water partition coefficient (Wildman–Crippen LogP) is 2.79. The first-order chi connectivity index (χ1) is 15.5. The summed E-state index contributed by atoms with van der Waals surface area (Å²) in [5, 5.41) is 9.82. The summed E-state index contributed by atoms with van der Waals surface area (Å²) in [6.07, 6.45) is -2.90. The summed E-state index contributed by atoms with van der Waals surface area (Å²) in [5.41, 5.74) is 0.352. The number of hydrogen-bond acceptors (Lipinski definition) is 8. The molecule has 1 N–H and O–H groups in total. The molecule has 4 heterocycles. The molecule has 0 saturated carbocycles. The number of imidazole rings is 1. The third kappa shape index (κ3) is 3.80. The Balaban J connectivity index is 1.70. The second kappa shape index (κ2) is 8.64. The van der Waals surface area contributed by atoms with Crippen LogP contribution in [0.25, 0.3) is 17.0 Å². The highest BCUT2D eigenvalue weighted by Crippen LogP contribution is 2.36. The highest BCUT2D eigenvalue weighted by atomic mass is 35.5. The van der Waals surface area contributed by atoms with Gasteiger partial charge < -0.3 is 24.4 Å². The molecule has 2 aliphatic heterocycles. The lowest BCUT2D eigenvalue weighted by Gasteiger charge is -2.31. The van der Waals surface area contributed by atoms with Crippen LogP contribution in [0.15, 0.2) is 18.2 Å². The Labute approximate surface area is 187 Å². The minimum Gasteiger partial charge on any atom is -0.506 e. The van der Waals surface area contributed by atoms with Crippen LogP contribution in [0.2, 0.25) is 5.02 Å². The van der Waals surface area contributed by atoms with Crippen molar-refractivity contribution in [2.45, 2.75) is 6.43 Å². The van der Waals surface area contributed by atoms with Gasteiger partial charge in [-0.3, -0.25) is 4.57 Å². The number of phenols is 1. The minimum atomic E-state index is -2.90. The van der Waals surface area contributed by atoms with E-state index in [0.717, 1.165) is 0 Å².